The Morgan fingerprint density at radius 3 is 1.25 bits per heavy atom. The average Bonchev–Trinajstić information content (AvgIpc) is 2.10. The molecule has 0 fully saturated rings. The maximum Gasteiger partial charge on any atom is 0.138 e. The summed E-state index contributed by atoms with van der Waals surface area (Å²) in [6, 6.07) is 2.64. The first-order chi connectivity index (χ1) is 7.05. The Bertz CT molecular complexity index is 220. The van der Waals surface area contributed by atoms with E-state index in [1.807, 2.05) is 0 Å². The lowest BCUT2D eigenvalue weighted by Gasteiger charge is -2.54. The van der Waals surface area contributed by atoms with Crippen molar-refractivity contribution >= 4 is 24.7 Å². The van der Waals surface area contributed by atoms with Crippen LogP contribution in [-0.2, 0) is 0 Å². The van der Waals surface area contributed by atoms with E-state index in [0.29, 0.717) is 0 Å². The Labute approximate surface area is 106 Å². The second kappa shape index (κ2) is 5.33. The molecule has 1 nitrogen and oxygen atoms in total. The molecule has 0 N–H and O–H groups in total. The van der Waals surface area contributed by atoms with Crippen LogP contribution >= 0.6 is 0 Å². The molecule has 0 amide bonds. The predicted molar refractivity (Wildman–Crippen MR) is 85.4 cm³/mol. The molecule has 0 bridgehead atoms. The highest BCUT2D eigenvalue weighted by Gasteiger charge is 2.46. The van der Waals surface area contributed by atoms with E-state index >= 15 is 0 Å². The van der Waals surface area contributed by atoms with Gasteiger partial charge in [-0.1, -0.05) is 58.8 Å². The zero-order valence-corrected chi connectivity index (χ0v) is 15.6. The zero-order valence-electron chi connectivity index (χ0n) is 12.6. The quantitative estimate of drug-likeness (QED) is 0.636. The summed E-state index contributed by atoms with van der Waals surface area (Å²) < 4.78 is 3.03. The molecule has 0 atom stereocenters. The third kappa shape index (κ3) is 3.42. The molecule has 0 spiro atoms. The van der Waals surface area contributed by atoms with Crippen LogP contribution in [0.1, 0.15) is 13.8 Å². The molecule has 0 saturated heterocycles. The van der Waals surface area contributed by atoms with Gasteiger partial charge in [-0.25, -0.2) is 0 Å². The number of hydrogen-bond acceptors (Lipinski definition) is 1. The lowest BCUT2D eigenvalue weighted by Crippen LogP contribution is -2.71. The predicted octanol–water partition coefficient (Wildman–Crippen LogP) is 4.67. The van der Waals surface area contributed by atoms with Gasteiger partial charge in [-0.2, -0.15) is 0 Å². The van der Waals surface area contributed by atoms with Crippen LogP contribution in [-0.4, -0.2) is 28.6 Å². The highest BCUT2D eigenvalue weighted by Crippen LogP contribution is 2.32. The standard InChI is InChI=1S/C12H31NSi3/c1-10-16(11-2,12-3)13(14(4,5)6)15(7,8)9/h10H,1,11-12H2,2-9H3. The molecule has 0 aromatic heterocycles. The fraction of sp³-hybridized carbons (Fsp3) is 0.833. The van der Waals surface area contributed by atoms with Gasteiger partial charge < -0.3 is 3.90 Å². The maximum absolute atomic E-state index is 4.19. The summed E-state index contributed by atoms with van der Waals surface area (Å²) in [6.45, 7) is 23.9. The second-order valence-corrected chi connectivity index (χ2v) is 22.1. The summed E-state index contributed by atoms with van der Waals surface area (Å²) in [4.78, 5) is 0. The average molecular weight is 274 g/mol. The van der Waals surface area contributed by atoms with Crippen LogP contribution in [0.15, 0.2) is 12.3 Å². The summed E-state index contributed by atoms with van der Waals surface area (Å²) in [7, 11) is -3.87. The summed E-state index contributed by atoms with van der Waals surface area (Å²) in [5, 5.41) is 0. The zero-order chi connectivity index (χ0) is 13.2. The minimum absolute atomic E-state index is 1.23. The van der Waals surface area contributed by atoms with Crippen molar-refractivity contribution in [1.29, 1.82) is 0 Å². The van der Waals surface area contributed by atoms with Crippen LogP contribution in [0.2, 0.25) is 51.4 Å². The monoisotopic (exact) mass is 273 g/mol. The van der Waals surface area contributed by atoms with Crippen molar-refractivity contribution in [3.05, 3.63) is 12.3 Å². The van der Waals surface area contributed by atoms with E-state index in [1.165, 1.54) is 12.1 Å². The molecular weight excluding hydrogens is 242 g/mol. The van der Waals surface area contributed by atoms with Crippen molar-refractivity contribution in [2.75, 3.05) is 0 Å². The van der Waals surface area contributed by atoms with E-state index in [-0.39, 0.29) is 0 Å². The molecule has 0 aromatic carbocycles. The van der Waals surface area contributed by atoms with Gasteiger partial charge in [0.25, 0.3) is 0 Å². The van der Waals surface area contributed by atoms with Gasteiger partial charge in [0.2, 0.25) is 0 Å². The molecule has 0 unspecified atom stereocenters. The normalized spacial score (nSPS) is 14.3. The summed E-state index contributed by atoms with van der Waals surface area (Å²) >= 11 is 0. The minimum Gasteiger partial charge on any atom is -0.365 e. The lowest BCUT2D eigenvalue weighted by molar-refractivity contribution is 0.870. The van der Waals surface area contributed by atoms with Gasteiger partial charge in [-0.3, -0.25) is 0 Å². The SMILES string of the molecule is C=C[Si](CC)(CC)N([Si](C)(C)C)[Si](C)(C)C. The van der Waals surface area contributed by atoms with Crippen LogP contribution in [0.5, 0.6) is 0 Å². The fourth-order valence-electron chi connectivity index (χ4n) is 3.29. The van der Waals surface area contributed by atoms with Crippen molar-refractivity contribution in [3.8, 4) is 0 Å². The Kier molecular flexibility index (Phi) is 5.45. The first kappa shape index (κ1) is 16.4. The smallest absolute Gasteiger partial charge is 0.138 e. The van der Waals surface area contributed by atoms with Gasteiger partial charge >= 0.3 is 0 Å². The summed E-state index contributed by atoms with van der Waals surface area (Å²) in [5.41, 5.74) is 2.35. The van der Waals surface area contributed by atoms with Crippen molar-refractivity contribution in [1.82, 2.24) is 3.90 Å². The van der Waals surface area contributed by atoms with Gasteiger partial charge in [-0.15, -0.1) is 6.58 Å². The number of nitrogens with zero attached hydrogens (tertiary/aromatic N) is 1. The molecule has 4 heteroatoms. The van der Waals surface area contributed by atoms with Crippen LogP contribution < -0.4 is 0 Å². The molecule has 0 aliphatic heterocycles. The summed E-state index contributed by atoms with van der Waals surface area (Å²) in [5.74, 6) is 0. The van der Waals surface area contributed by atoms with E-state index in [4.69, 9.17) is 0 Å². The van der Waals surface area contributed by atoms with Crippen LogP contribution in [0.3, 0.4) is 0 Å². The summed E-state index contributed by atoms with van der Waals surface area (Å²) in [6.07, 6.45) is 0. The lowest BCUT2D eigenvalue weighted by atomic mass is 10.9. The van der Waals surface area contributed by atoms with Gasteiger partial charge in [0.1, 0.15) is 24.7 Å². The number of hydrogen-bond donors (Lipinski definition) is 0. The van der Waals surface area contributed by atoms with Gasteiger partial charge in [0.05, 0.1) is 0 Å². The Morgan fingerprint density at radius 2 is 1.19 bits per heavy atom. The first-order valence-corrected chi connectivity index (χ1v) is 15.8. The third-order valence-electron chi connectivity index (χ3n) is 3.39. The molecule has 0 aliphatic carbocycles. The Morgan fingerprint density at radius 1 is 0.875 bits per heavy atom. The van der Waals surface area contributed by atoms with Crippen LogP contribution in [0.4, 0.5) is 0 Å². The van der Waals surface area contributed by atoms with Crippen LogP contribution in [0.25, 0.3) is 0 Å². The Balaban J connectivity index is 5.58. The minimum atomic E-state index is -1.40. The molecule has 0 aliphatic rings. The van der Waals surface area contributed by atoms with Crippen molar-refractivity contribution in [2.45, 2.75) is 65.2 Å². The van der Waals surface area contributed by atoms with Gasteiger partial charge in [0.15, 0.2) is 0 Å². The molecule has 96 valence electrons. The van der Waals surface area contributed by atoms with Gasteiger partial charge in [-0.05, 0) is 12.1 Å². The fourth-order valence-corrected chi connectivity index (χ4v) is 26.4. The highest BCUT2D eigenvalue weighted by atomic mass is 28.5. The molecule has 0 saturated carbocycles. The van der Waals surface area contributed by atoms with E-state index in [0.717, 1.165) is 0 Å². The number of rotatable bonds is 6. The largest absolute Gasteiger partial charge is 0.365 e. The molecule has 0 heterocycles. The molecular formula is C12H31NSi3. The second-order valence-electron chi connectivity index (χ2n) is 6.69. The van der Waals surface area contributed by atoms with Crippen molar-refractivity contribution in [2.24, 2.45) is 0 Å². The molecule has 0 radical (unpaired) electrons. The van der Waals surface area contributed by atoms with E-state index in [1.54, 1.807) is 0 Å². The van der Waals surface area contributed by atoms with E-state index in [9.17, 15) is 0 Å². The van der Waals surface area contributed by atoms with Crippen LogP contribution in [0, 0.1) is 0 Å². The maximum atomic E-state index is 4.19. The highest BCUT2D eigenvalue weighted by molar-refractivity contribution is 7.06. The van der Waals surface area contributed by atoms with E-state index in [2.05, 4.69) is 69.3 Å². The first-order valence-electron chi connectivity index (χ1n) is 6.49. The van der Waals surface area contributed by atoms with Gasteiger partial charge in [0, 0.05) is 0 Å². The Hall–Kier alpha value is 0.351. The molecule has 16 heavy (non-hydrogen) atoms. The van der Waals surface area contributed by atoms with E-state index < -0.39 is 24.7 Å². The molecule has 0 rings (SSSR count). The van der Waals surface area contributed by atoms with Crippen molar-refractivity contribution < 1.29 is 0 Å². The molecule has 0 aromatic rings. The topological polar surface area (TPSA) is 3.24 Å². The third-order valence-corrected chi connectivity index (χ3v) is 20.9. The van der Waals surface area contributed by atoms with Crippen molar-refractivity contribution in [3.63, 3.8) is 0 Å².